The largest absolute Gasteiger partial charge is 0.324 e. The Kier molecular flexibility index (Phi) is 3.23. The second-order valence-corrected chi connectivity index (χ2v) is 8.54. The highest BCUT2D eigenvalue weighted by Gasteiger charge is 2.80. The van der Waals surface area contributed by atoms with Crippen molar-refractivity contribution in [3.8, 4) is 23.3 Å². The molecular weight excluding hydrogens is 384 g/mol. The first-order valence-corrected chi connectivity index (χ1v) is 10.2. The first-order chi connectivity index (χ1) is 15.1. The van der Waals surface area contributed by atoms with E-state index in [1.807, 2.05) is 84.7 Å². The zero-order valence-corrected chi connectivity index (χ0v) is 16.9. The fraction of sp³-hybridized carbons (Fsp3) is 0.192. The van der Waals surface area contributed by atoms with E-state index in [1.54, 1.807) is 0 Å². The first kappa shape index (κ1) is 17.9. The lowest BCUT2D eigenvalue weighted by Crippen LogP contribution is -2.59. The number of hydrogen-bond donors (Lipinski definition) is 1. The van der Waals surface area contributed by atoms with Gasteiger partial charge in [-0.3, -0.25) is 9.69 Å². The first-order valence-electron chi connectivity index (χ1n) is 10.2. The van der Waals surface area contributed by atoms with Crippen LogP contribution in [0.5, 0.6) is 0 Å². The zero-order chi connectivity index (χ0) is 21.4. The molecular formula is C26H18N4O. The fourth-order valence-electron chi connectivity index (χ4n) is 6.53. The van der Waals surface area contributed by atoms with E-state index >= 15 is 0 Å². The Morgan fingerprint density at radius 2 is 1.35 bits per heavy atom. The Balaban J connectivity index is 1.89. The zero-order valence-electron chi connectivity index (χ0n) is 16.9. The topological polar surface area (TPSA) is 79.9 Å². The van der Waals surface area contributed by atoms with E-state index in [9.17, 15) is 15.3 Å². The summed E-state index contributed by atoms with van der Waals surface area (Å²) in [6, 6.07) is 28.2. The number of nitriles is 2. The fourth-order valence-corrected chi connectivity index (χ4v) is 6.53. The number of likely N-dealkylation sites (tertiary alicyclic amines) is 1. The molecule has 0 saturated carbocycles. The monoisotopic (exact) mass is 402 g/mol. The van der Waals surface area contributed by atoms with Crippen molar-refractivity contribution in [2.24, 2.45) is 5.41 Å². The lowest BCUT2D eigenvalue weighted by Gasteiger charge is -2.46. The van der Waals surface area contributed by atoms with E-state index in [-0.39, 0.29) is 12.5 Å². The van der Waals surface area contributed by atoms with Gasteiger partial charge in [0.25, 0.3) is 5.91 Å². The molecule has 1 amide bonds. The molecule has 0 radical (unpaired) electrons. The molecule has 6 rings (SSSR count). The third-order valence-electron chi connectivity index (χ3n) is 7.46. The third kappa shape index (κ3) is 1.64. The van der Waals surface area contributed by atoms with Crippen LogP contribution in [0, 0.1) is 28.1 Å². The van der Waals surface area contributed by atoms with Crippen molar-refractivity contribution in [1.82, 2.24) is 4.90 Å². The Morgan fingerprint density at radius 1 is 0.839 bits per heavy atom. The number of benzene rings is 3. The van der Waals surface area contributed by atoms with E-state index in [1.165, 1.54) is 0 Å². The van der Waals surface area contributed by atoms with Crippen molar-refractivity contribution in [3.63, 3.8) is 0 Å². The van der Waals surface area contributed by atoms with Gasteiger partial charge < -0.3 is 5.32 Å². The molecule has 1 N–H and O–H groups in total. The summed E-state index contributed by atoms with van der Waals surface area (Å²) in [5, 5.41) is 24.2. The van der Waals surface area contributed by atoms with Crippen molar-refractivity contribution in [1.29, 1.82) is 10.5 Å². The molecule has 31 heavy (non-hydrogen) atoms. The number of para-hydroxylation sites is 1. The second kappa shape index (κ2) is 5.60. The van der Waals surface area contributed by atoms with Crippen LogP contribution in [-0.2, 0) is 15.7 Å². The summed E-state index contributed by atoms with van der Waals surface area (Å²) in [5.74, 6) is -0.199. The number of anilines is 1. The molecule has 0 bridgehead atoms. The lowest BCUT2D eigenvalue weighted by molar-refractivity contribution is -0.128. The minimum absolute atomic E-state index is 0.157. The molecule has 5 heteroatoms. The van der Waals surface area contributed by atoms with Crippen molar-refractivity contribution in [3.05, 3.63) is 89.5 Å². The van der Waals surface area contributed by atoms with Crippen LogP contribution in [0.15, 0.2) is 72.8 Å². The predicted octanol–water partition coefficient (Wildman–Crippen LogP) is 3.78. The van der Waals surface area contributed by atoms with Gasteiger partial charge >= 0.3 is 0 Å². The molecule has 3 aliphatic rings. The minimum atomic E-state index is -1.46. The average Bonchev–Trinajstić information content (AvgIpc) is 3.37. The second-order valence-electron chi connectivity index (χ2n) is 8.54. The summed E-state index contributed by atoms with van der Waals surface area (Å²) in [4.78, 5) is 15.9. The van der Waals surface area contributed by atoms with Gasteiger partial charge in [0.1, 0.15) is 5.54 Å². The molecule has 2 aliphatic heterocycles. The number of hydrogen-bond acceptors (Lipinski definition) is 4. The number of likely N-dealkylation sites (N-methyl/N-ethyl adjacent to an activating group) is 1. The molecule has 5 nitrogen and oxygen atoms in total. The summed E-state index contributed by atoms with van der Waals surface area (Å²) in [5.41, 5.74) is 1.33. The summed E-state index contributed by atoms with van der Waals surface area (Å²) >= 11 is 0. The SMILES string of the molecule is CN1CC(C#N)(C#N)C2(c3ccccc3-c3ccccc32)C12C(=O)Nc1ccccc12. The molecule has 3 aromatic rings. The molecule has 1 saturated heterocycles. The van der Waals surface area contributed by atoms with Crippen LogP contribution in [0.3, 0.4) is 0 Å². The number of rotatable bonds is 0. The van der Waals surface area contributed by atoms with E-state index in [0.29, 0.717) is 0 Å². The number of nitrogens with zero attached hydrogens (tertiary/aromatic N) is 3. The van der Waals surface area contributed by atoms with Crippen molar-refractivity contribution < 1.29 is 4.79 Å². The van der Waals surface area contributed by atoms with Crippen LogP contribution in [0.25, 0.3) is 11.1 Å². The highest BCUT2D eigenvalue weighted by molar-refractivity contribution is 6.10. The van der Waals surface area contributed by atoms with Crippen LogP contribution in [0.2, 0.25) is 0 Å². The quantitative estimate of drug-likeness (QED) is 0.621. The average molecular weight is 402 g/mol. The lowest BCUT2D eigenvalue weighted by atomic mass is 9.52. The maximum Gasteiger partial charge on any atom is 0.250 e. The molecule has 148 valence electrons. The van der Waals surface area contributed by atoms with E-state index in [2.05, 4.69) is 17.5 Å². The van der Waals surface area contributed by atoms with Gasteiger partial charge in [0.05, 0.1) is 17.6 Å². The van der Waals surface area contributed by atoms with Crippen molar-refractivity contribution >= 4 is 11.6 Å². The summed E-state index contributed by atoms with van der Waals surface area (Å²) < 4.78 is 0. The van der Waals surface area contributed by atoms with Crippen LogP contribution in [0.4, 0.5) is 5.69 Å². The summed E-state index contributed by atoms with van der Waals surface area (Å²) in [7, 11) is 1.85. The molecule has 2 heterocycles. The molecule has 1 atom stereocenters. The Bertz CT molecular complexity index is 1320. The number of carbonyl (C=O) groups excluding carboxylic acids is 1. The van der Waals surface area contributed by atoms with Crippen LogP contribution in [0.1, 0.15) is 16.7 Å². The Hall–Kier alpha value is -3.93. The molecule has 1 unspecified atom stereocenters. The van der Waals surface area contributed by atoms with Crippen molar-refractivity contribution in [2.75, 3.05) is 18.9 Å². The van der Waals surface area contributed by atoms with Crippen LogP contribution in [-0.4, -0.2) is 24.4 Å². The Morgan fingerprint density at radius 3 is 1.94 bits per heavy atom. The van der Waals surface area contributed by atoms with Gasteiger partial charge in [-0.2, -0.15) is 10.5 Å². The summed E-state index contributed by atoms with van der Waals surface area (Å²) in [6.07, 6.45) is 0. The maximum atomic E-state index is 14.0. The van der Waals surface area contributed by atoms with Gasteiger partial charge in [-0.15, -0.1) is 0 Å². The van der Waals surface area contributed by atoms with Gasteiger partial charge in [0, 0.05) is 17.8 Å². The Labute approximate surface area is 180 Å². The van der Waals surface area contributed by atoms with Gasteiger partial charge in [0.2, 0.25) is 0 Å². The van der Waals surface area contributed by atoms with Crippen LogP contribution >= 0.6 is 0 Å². The molecule has 1 fully saturated rings. The van der Waals surface area contributed by atoms with Gasteiger partial charge in [-0.05, 0) is 35.4 Å². The number of carbonyl (C=O) groups is 1. The predicted molar refractivity (Wildman–Crippen MR) is 116 cm³/mol. The highest BCUT2D eigenvalue weighted by atomic mass is 16.2. The van der Waals surface area contributed by atoms with E-state index in [4.69, 9.17) is 0 Å². The normalized spacial score (nSPS) is 23.6. The van der Waals surface area contributed by atoms with E-state index in [0.717, 1.165) is 33.5 Å². The number of nitrogens with one attached hydrogen (secondary N) is 1. The van der Waals surface area contributed by atoms with Gasteiger partial charge in [-0.25, -0.2) is 0 Å². The standard InChI is InChI=1S/C26H18N4O/c1-30-16-24(14-27,15-28)25(26(30)21-12-6-7-13-22(21)29-23(26)31)19-10-4-2-8-17(19)18-9-3-5-11-20(18)25/h2-13H,16H2,1H3,(H,29,31). The molecule has 2 spiro atoms. The number of amides is 1. The smallest absolute Gasteiger partial charge is 0.250 e. The minimum Gasteiger partial charge on any atom is -0.324 e. The van der Waals surface area contributed by atoms with Gasteiger partial charge in [0.15, 0.2) is 5.41 Å². The maximum absolute atomic E-state index is 14.0. The molecule has 3 aromatic carbocycles. The van der Waals surface area contributed by atoms with Crippen molar-refractivity contribution in [2.45, 2.75) is 11.0 Å². The summed E-state index contributed by atoms with van der Waals surface area (Å²) in [6.45, 7) is 0.157. The third-order valence-corrected chi connectivity index (χ3v) is 7.46. The molecule has 1 aliphatic carbocycles. The van der Waals surface area contributed by atoms with Crippen LogP contribution < -0.4 is 5.32 Å². The van der Waals surface area contributed by atoms with Gasteiger partial charge in [-0.1, -0.05) is 66.7 Å². The highest BCUT2D eigenvalue weighted by Crippen LogP contribution is 2.71. The van der Waals surface area contributed by atoms with E-state index < -0.39 is 16.4 Å². The number of fused-ring (bicyclic) bond motifs is 8. The molecule has 0 aromatic heterocycles.